The predicted octanol–water partition coefficient (Wildman–Crippen LogP) is 4.25. The van der Waals surface area contributed by atoms with Crippen molar-refractivity contribution in [2.24, 2.45) is 0 Å². The summed E-state index contributed by atoms with van der Waals surface area (Å²) in [6.07, 6.45) is -10.3. The van der Waals surface area contributed by atoms with Gasteiger partial charge in [0.2, 0.25) is 0 Å². The average molecular weight is 451 g/mol. The first-order valence-electron chi connectivity index (χ1n) is 8.29. The SMILES string of the molecule is COC(=O)[C@@](NC(=O)Nc1ccc(OC(F)(F)F)cc1)(Nc1ccccc1)C(F)(F)F. The predicted molar refractivity (Wildman–Crippen MR) is 96.1 cm³/mol. The number of rotatable bonds is 6. The highest BCUT2D eigenvalue weighted by molar-refractivity contribution is 5.96. The molecule has 0 saturated heterocycles. The van der Waals surface area contributed by atoms with E-state index in [0.717, 1.165) is 24.3 Å². The van der Waals surface area contributed by atoms with Crippen LogP contribution in [-0.2, 0) is 9.53 Å². The second-order valence-corrected chi connectivity index (χ2v) is 5.88. The fraction of sp³-hybridized carbons (Fsp3) is 0.222. The van der Waals surface area contributed by atoms with Crippen molar-refractivity contribution in [1.29, 1.82) is 0 Å². The minimum Gasteiger partial charge on any atom is -0.466 e. The summed E-state index contributed by atoms with van der Waals surface area (Å²) in [4.78, 5) is 24.3. The van der Waals surface area contributed by atoms with E-state index in [-0.39, 0.29) is 11.4 Å². The third-order valence-corrected chi connectivity index (χ3v) is 3.67. The number of hydrogen-bond donors (Lipinski definition) is 3. The number of urea groups is 1. The molecule has 0 saturated carbocycles. The van der Waals surface area contributed by atoms with E-state index in [1.807, 2.05) is 10.6 Å². The van der Waals surface area contributed by atoms with E-state index in [0.29, 0.717) is 7.11 Å². The largest absolute Gasteiger partial charge is 0.573 e. The quantitative estimate of drug-likeness (QED) is 0.347. The number of amides is 2. The van der Waals surface area contributed by atoms with Crippen molar-refractivity contribution < 1.29 is 45.4 Å². The summed E-state index contributed by atoms with van der Waals surface area (Å²) in [5, 5.41) is 5.41. The number of benzene rings is 2. The summed E-state index contributed by atoms with van der Waals surface area (Å²) in [5.74, 6) is -2.46. The molecule has 0 spiro atoms. The summed E-state index contributed by atoms with van der Waals surface area (Å²) in [6.45, 7) is 0. The number of carbonyl (C=O) groups excluding carboxylic acids is 2. The van der Waals surface area contributed by atoms with Gasteiger partial charge in [0, 0.05) is 11.4 Å². The lowest BCUT2D eigenvalue weighted by Crippen LogP contribution is -2.69. The first-order valence-corrected chi connectivity index (χ1v) is 8.29. The normalized spacial score (nSPS) is 13.5. The lowest BCUT2D eigenvalue weighted by Gasteiger charge is -2.35. The highest BCUT2D eigenvalue weighted by Gasteiger charge is 2.63. The number of para-hydroxylation sites is 1. The third kappa shape index (κ3) is 6.17. The van der Waals surface area contributed by atoms with Crippen molar-refractivity contribution in [2.45, 2.75) is 18.2 Å². The van der Waals surface area contributed by atoms with Crippen molar-refractivity contribution in [3.05, 3.63) is 54.6 Å². The Kier molecular flexibility index (Phi) is 6.88. The minimum atomic E-state index is -5.35. The van der Waals surface area contributed by atoms with Crippen molar-refractivity contribution in [2.75, 3.05) is 17.7 Å². The Morgan fingerprint density at radius 1 is 0.839 bits per heavy atom. The van der Waals surface area contributed by atoms with Crippen molar-refractivity contribution in [1.82, 2.24) is 5.32 Å². The molecule has 0 heterocycles. The number of ether oxygens (including phenoxy) is 2. The van der Waals surface area contributed by atoms with E-state index >= 15 is 0 Å². The zero-order valence-electron chi connectivity index (χ0n) is 15.6. The number of anilines is 2. The number of methoxy groups -OCH3 is 1. The number of carbonyl (C=O) groups is 2. The first-order chi connectivity index (χ1) is 14.4. The number of nitrogens with one attached hydrogen (secondary N) is 3. The first kappa shape index (κ1) is 23.6. The summed E-state index contributed by atoms with van der Waals surface area (Å²) >= 11 is 0. The molecule has 0 radical (unpaired) electrons. The Morgan fingerprint density at radius 3 is 1.90 bits per heavy atom. The van der Waals surface area contributed by atoms with Crippen LogP contribution in [0.3, 0.4) is 0 Å². The fourth-order valence-corrected chi connectivity index (χ4v) is 2.35. The van der Waals surface area contributed by atoms with Gasteiger partial charge in [0.25, 0.3) is 0 Å². The minimum absolute atomic E-state index is 0.154. The van der Waals surface area contributed by atoms with Crippen molar-refractivity contribution in [3.63, 3.8) is 0 Å². The lowest BCUT2D eigenvalue weighted by molar-refractivity contribution is -0.274. The molecule has 0 unspecified atom stereocenters. The average Bonchev–Trinajstić information content (AvgIpc) is 2.67. The molecule has 2 rings (SSSR count). The van der Waals surface area contributed by atoms with Crippen LogP contribution >= 0.6 is 0 Å². The second-order valence-electron chi connectivity index (χ2n) is 5.88. The molecular formula is C18H15F6N3O4. The van der Waals surface area contributed by atoms with Crippen LogP contribution < -0.4 is 20.7 Å². The molecule has 2 aromatic rings. The standard InChI is InChI=1S/C18H15F6N3O4/c1-30-14(28)16(17(19,20)21,26-12-5-3-2-4-6-12)27-15(29)25-11-7-9-13(10-8-11)31-18(22,23)24/h2-10,26H,1H3,(H2,25,27,29)/t16-/m0/s1. The molecule has 0 fully saturated rings. The van der Waals surface area contributed by atoms with E-state index in [1.165, 1.54) is 35.6 Å². The van der Waals surface area contributed by atoms with Crippen LogP contribution in [0, 0.1) is 0 Å². The van der Waals surface area contributed by atoms with E-state index in [4.69, 9.17) is 0 Å². The van der Waals surface area contributed by atoms with Gasteiger partial charge in [0.15, 0.2) is 0 Å². The third-order valence-electron chi connectivity index (χ3n) is 3.67. The molecule has 2 aromatic carbocycles. The van der Waals surface area contributed by atoms with Crippen LogP contribution in [0.1, 0.15) is 0 Å². The maximum Gasteiger partial charge on any atom is 0.573 e. The molecule has 0 aromatic heterocycles. The Morgan fingerprint density at radius 2 is 1.42 bits per heavy atom. The van der Waals surface area contributed by atoms with Crippen LogP contribution in [0.5, 0.6) is 5.75 Å². The molecule has 3 N–H and O–H groups in total. The second kappa shape index (κ2) is 9.02. The van der Waals surface area contributed by atoms with Gasteiger partial charge in [-0.3, -0.25) is 5.32 Å². The molecule has 31 heavy (non-hydrogen) atoms. The topological polar surface area (TPSA) is 88.7 Å². The molecule has 0 aliphatic heterocycles. The number of hydrogen-bond acceptors (Lipinski definition) is 5. The van der Waals surface area contributed by atoms with E-state index in [2.05, 4.69) is 9.47 Å². The molecule has 7 nitrogen and oxygen atoms in total. The zero-order valence-corrected chi connectivity index (χ0v) is 15.6. The van der Waals surface area contributed by atoms with Crippen molar-refractivity contribution >= 4 is 23.4 Å². The number of halogens is 6. The van der Waals surface area contributed by atoms with Gasteiger partial charge >= 0.3 is 30.2 Å². The summed E-state index contributed by atoms with van der Waals surface area (Å²) in [5.41, 5.74) is -3.99. The fourth-order valence-electron chi connectivity index (χ4n) is 2.35. The Bertz CT molecular complexity index is 903. The molecule has 168 valence electrons. The molecule has 0 bridgehead atoms. The van der Waals surface area contributed by atoms with E-state index in [9.17, 15) is 35.9 Å². The Balaban J connectivity index is 2.25. The Hall–Kier alpha value is -3.64. The van der Waals surface area contributed by atoms with Gasteiger partial charge in [-0.05, 0) is 36.4 Å². The molecule has 2 amide bonds. The smallest absolute Gasteiger partial charge is 0.466 e. The van der Waals surface area contributed by atoms with Crippen LogP contribution in [-0.4, -0.2) is 37.3 Å². The van der Waals surface area contributed by atoms with E-state index < -0.39 is 36.0 Å². The highest BCUT2D eigenvalue weighted by Crippen LogP contribution is 2.33. The molecular weight excluding hydrogens is 436 g/mol. The molecule has 1 atom stereocenters. The summed E-state index contributed by atoms with van der Waals surface area (Å²) in [7, 11) is 0.703. The van der Waals surface area contributed by atoms with Crippen LogP contribution in [0.15, 0.2) is 54.6 Å². The zero-order chi connectivity index (χ0) is 23.3. The highest BCUT2D eigenvalue weighted by atomic mass is 19.4. The van der Waals surface area contributed by atoms with Crippen LogP contribution in [0.2, 0.25) is 0 Å². The maximum absolute atomic E-state index is 13.9. The van der Waals surface area contributed by atoms with Gasteiger partial charge in [0.05, 0.1) is 7.11 Å². The van der Waals surface area contributed by atoms with Gasteiger partial charge in [-0.25, -0.2) is 9.59 Å². The summed E-state index contributed by atoms with van der Waals surface area (Å²) in [6, 6.07) is 8.85. The molecule has 13 heteroatoms. The van der Waals surface area contributed by atoms with Gasteiger partial charge < -0.3 is 20.1 Å². The number of alkyl halides is 6. The molecule has 0 aliphatic carbocycles. The van der Waals surface area contributed by atoms with Crippen molar-refractivity contribution in [3.8, 4) is 5.75 Å². The Labute approximate surface area is 171 Å². The van der Waals surface area contributed by atoms with Gasteiger partial charge in [-0.1, -0.05) is 18.2 Å². The van der Waals surface area contributed by atoms with Gasteiger partial charge in [0.1, 0.15) is 5.75 Å². The van der Waals surface area contributed by atoms with Gasteiger partial charge in [-0.2, -0.15) is 13.2 Å². The van der Waals surface area contributed by atoms with E-state index in [1.54, 1.807) is 0 Å². The number of esters is 1. The summed E-state index contributed by atoms with van der Waals surface area (Å²) < 4.78 is 86.1. The van der Waals surface area contributed by atoms with Crippen LogP contribution in [0.25, 0.3) is 0 Å². The van der Waals surface area contributed by atoms with Crippen LogP contribution in [0.4, 0.5) is 42.5 Å². The molecule has 0 aliphatic rings. The maximum atomic E-state index is 13.9. The monoisotopic (exact) mass is 451 g/mol. The lowest BCUT2D eigenvalue weighted by atomic mass is 10.1. The van der Waals surface area contributed by atoms with Gasteiger partial charge in [-0.15, -0.1) is 13.2 Å².